The maximum Gasteiger partial charge on any atom is 0.472 e. The molecule has 0 aliphatic heterocycles. The minimum Gasteiger partial charge on any atom is -0.462 e. The molecule has 11 heteroatoms. The Labute approximate surface area is 317 Å². The standard InChI is InChI=1S/C41H78NO9P/c1-3-5-7-9-11-12-13-14-15-16-17-18-20-24-28-32-40(44)48-36-39(37-50-52(46,47)49-35-34-42)51-41(45)33-29-25-21-23-27-31-38(43)30-26-22-19-10-8-6-4-2/h19,22,26,30,38-39,43H,3-18,20-21,23-25,27-29,31-37,42H2,1-2H3,(H,46,47)/b22-19-,30-26+. The number of phosphoric acid groups is 1. The Hall–Kier alpha value is -1.55. The van der Waals surface area contributed by atoms with Gasteiger partial charge in [0, 0.05) is 19.4 Å². The summed E-state index contributed by atoms with van der Waals surface area (Å²) in [6.07, 6.45) is 35.1. The van der Waals surface area contributed by atoms with E-state index in [2.05, 4.69) is 19.9 Å². The molecular formula is C41H78NO9P. The highest BCUT2D eigenvalue weighted by Crippen LogP contribution is 2.43. The second-order valence-electron chi connectivity index (χ2n) is 14.1. The monoisotopic (exact) mass is 760 g/mol. The molecule has 0 bridgehead atoms. The van der Waals surface area contributed by atoms with E-state index in [1.807, 2.05) is 18.2 Å². The summed E-state index contributed by atoms with van der Waals surface area (Å²) in [7, 11) is -4.40. The van der Waals surface area contributed by atoms with Crippen molar-refractivity contribution in [2.45, 2.75) is 199 Å². The van der Waals surface area contributed by atoms with Crippen molar-refractivity contribution in [3.63, 3.8) is 0 Å². The van der Waals surface area contributed by atoms with Crippen LogP contribution >= 0.6 is 7.82 Å². The lowest BCUT2D eigenvalue weighted by Gasteiger charge is -2.19. The van der Waals surface area contributed by atoms with Crippen LogP contribution in [0.15, 0.2) is 24.3 Å². The molecule has 0 radical (unpaired) electrons. The lowest BCUT2D eigenvalue weighted by molar-refractivity contribution is -0.161. The molecule has 0 fully saturated rings. The molecular weight excluding hydrogens is 681 g/mol. The van der Waals surface area contributed by atoms with Crippen LogP contribution in [0.1, 0.15) is 187 Å². The molecule has 0 amide bonds. The van der Waals surface area contributed by atoms with Gasteiger partial charge in [-0.1, -0.05) is 167 Å². The summed E-state index contributed by atoms with van der Waals surface area (Å²) in [5.41, 5.74) is 5.33. The molecule has 10 nitrogen and oxygen atoms in total. The number of ether oxygens (including phenoxy) is 2. The predicted octanol–water partition coefficient (Wildman–Crippen LogP) is 10.6. The molecule has 0 saturated carbocycles. The van der Waals surface area contributed by atoms with Gasteiger partial charge in [0.25, 0.3) is 0 Å². The average molecular weight is 760 g/mol. The van der Waals surface area contributed by atoms with Crippen molar-refractivity contribution in [3.8, 4) is 0 Å². The summed E-state index contributed by atoms with van der Waals surface area (Å²) < 4.78 is 32.7. The Kier molecular flexibility index (Phi) is 36.6. The molecule has 0 aromatic carbocycles. The van der Waals surface area contributed by atoms with E-state index in [1.54, 1.807) is 0 Å². The quantitative estimate of drug-likeness (QED) is 0.0239. The van der Waals surface area contributed by atoms with Crippen molar-refractivity contribution in [1.29, 1.82) is 0 Å². The maximum atomic E-state index is 12.6. The summed E-state index contributed by atoms with van der Waals surface area (Å²) in [4.78, 5) is 34.8. The number of unbranched alkanes of at least 4 members (excludes halogenated alkanes) is 21. The molecule has 0 aliphatic carbocycles. The summed E-state index contributed by atoms with van der Waals surface area (Å²) in [5.74, 6) is -0.896. The number of nitrogens with two attached hydrogens (primary N) is 1. The first-order chi connectivity index (χ1) is 25.2. The normalized spacial score (nSPS) is 14.2. The summed E-state index contributed by atoms with van der Waals surface area (Å²) in [6.45, 7) is 3.59. The highest BCUT2D eigenvalue weighted by molar-refractivity contribution is 7.47. The second-order valence-corrected chi connectivity index (χ2v) is 15.5. The first kappa shape index (κ1) is 50.5. The van der Waals surface area contributed by atoms with Gasteiger partial charge in [-0.05, 0) is 32.1 Å². The second kappa shape index (κ2) is 37.8. The Morgan fingerprint density at radius 2 is 1.15 bits per heavy atom. The van der Waals surface area contributed by atoms with E-state index < -0.39 is 38.6 Å². The van der Waals surface area contributed by atoms with Crippen LogP contribution in [0.3, 0.4) is 0 Å². The number of aliphatic hydroxyl groups excluding tert-OH is 1. The van der Waals surface area contributed by atoms with Crippen LogP contribution in [0.4, 0.5) is 0 Å². The highest BCUT2D eigenvalue weighted by Gasteiger charge is 2.26. The topological polar surface area (TPSA) is 155 Å². The highest BCUT2D eigenvalue weighted by atomic mass is 31.2. The van der Waals surface area contributed by atoms with Crippen molar-refractivity contribution in [3.05, 3.63) is 24.3 Å². The Morgan fingerprint density at radius 1 is 0.654 bits per heavy atom. The van der Waals surface area contributed by atoms with Crippen molar-refractivity contribution < 1.29 is 42.7 Å². The fourth-order valence-electron chi connectivity index (χ4n) is 5.77. The first-order valence-corrected chi connectivity index (χ1v) is 22.4. The van der Waals surface area contributed by atoms with Gasteiger partial charge >= 0.3 is 19.8 Å². The number of hydrogen-bond donors (Lipinski definition) is 3. The lowest BCUT2D eigenvalue weighted by Crippen LogP contribution is -2.29. The van der Waals surface area contributed by atoms with E-state index in [4.69, 9.17) is 24.3 Å². The first-order valence-electron chi connectivity index (χ1n) is 20.9. The van der Waals surface area contributed by atoms with Crippen molar-refractivity contribution in [1.82, 2.24) is 0 Å². The maximum absolute atomic E-state index is 12.6. The number of esters is 2. The molecule has 0 aromatic heterocycles. The number of carbonyl (C=O) groups excluding carboxylic acids is 2. The van der Waals surface area contributed by atoms with Gasteiger partial charge in [0.1, 0.15) is 6.61 Å². The van der Waals surface area contributed by atoms with Crippen molar-refractivity contribution >= 4 is 19.8 Å². The summed E-state index contributed by atoms with van der Waals surface area (Å²) >= 11 is 0. The third kappa shape index (κ3) is 36.8. The van der Waals surface area contributed by atoms with E-state index in [0.29, 0.717) is 12.8 Å². The number of rotatable bonds is 39. The van der Waals surface area contributed by atoms with Crippen LogP contribution in [0.5, 0.6) is 0 Å². The minimum atomic E-state index is -4.40. The van der Waals surface area contributed by atoms with Gasteiger partial charge in [0.2, 0.25) is 0 Å². The predicted molar refractivity (Wildman–Crippen MR) is 212 cm³/mol. The van der Waals surface area contributed by atoms with E-state index >= 15 is 0 Å². The summed E-state index contributed by atoms with van der Waals surface area (Å²) in [6, 6.07) is 0. The van der Waals surface area contributed by atoms with Gasteiger partial charge in [0.15, 0.2) is 6.10 Å². The smallest absolute Gasteiger partial charge is 0.462 e. The number of aliphatic hydroxyl groups is 1. The van der Waals surface area contributed by atoms with Gasteiger partial charge in [0.05, 0.1) is 19.3 Å². The third-order valence-corrected chi connectivity index (χ3v) is 9.93. The number of allylic oxidation sites excluding steroid dienone is 3. The fraction of sp³-hybridized carbons (Fsp3) is 0.854. The number of hydrogen-bond acceptors (Lipinski definition) is 9. The molecule has 0 aliphatic rings. The Balaban J connectivity index is 4.24. The van der Waals surface area contributed by atoms with Crippen molar-refractivity contribution in [2.75, 3.05) is 26.4 Å². The van der Waals surface area contributed by atoms with Crippen LogP contribution in [0, 0.1) is 0 Å². The van der Waals surface area contributed by atoms with Gasteiger partial charge in [-0.15, -0.1) is 0 Å². The Morgan fingerprint density at radius 3 is 1.71 bits per heavy atom. The largest absolute Gasteiger partial charge is 0.472 e. The van der Waals surface area contributed by atoms with E-state index in [9.17, 15) is 24.2 Å². The lowest BCUT2D eigenvalue weighted by atomic mass is 10.0. The van der Waals surface area contributed by atoms with E-state index in [0.717, 1.165) is 51.4 Å². The van der Waals surface area contributed by atoms with Gasteiger partial charge in [-0.25, -0.2) is 4.57 Å². The Bertz CT molecular complexity index is 930. The van der Waals surface area contributed by atoms with Crippen LogP contribution in [0.25, 0.3) is 0 Å². The van der Waals surface area contributed by atoms with Crippen LogP contribution in [0.2, 0.25) is 0 Å². The van der Waals surface area contributed by atoms with Gasteiger partial charge < -0.3 is 25.2 Å². The summed E-state index contributed by atoms with van der Waals surface area (Å²) in [5, 5.41) is 10.1. The zero-order valence-corrected chi connectivity index (χ0v) is 34.1. The van der Waals surface area contributed by atoms with Gasteiger partial charge in [-0.3, -0.25) is 18.6 Å². The molecule has 0 saturated heterocycles. The molecule has 52 heavy (non-hydrogen) atoms. The van der Waals surface area contributed by atoms with Gasteiger partial charge in [-0.2, -0.15) is 0 Å². The molecule has 0 spiro atoms. The minimum absolute atomic E-state index is 0.0394. The molecule has 3 atom stereocenters. The molecule has 4 N–H and O–H groups in total. The molecule has 306 valence electrons. The fourth-order valence-corrected chi connectivity index (χ4v) is 6.54. The third-order valence-electron chi connectivity index (χ3n) is 8.94. The van der Waals surface area contributed by atoms with Crippen LogP contribution < -0.4 is 5.73 Å². The van der Waals surface area contributed by atoms with E-state index in [-0.39, 0.29) is 32.6 Å². The molecule has 3 unspecified atom stereocenters. The SMILES string of the molecule is CCCCC/C=C\C=C\C(O)CCCCCCCC(=O)OC(COC(=O)CCCCCCCCCCCCCCCCC)COP(=O)(O)OCCN. The van der Waals surface area contributed by atoms with E-state index in [1.165, 1.54) is 96.3 Å². The zero-order valence-electron chi connectivity index (χ0n) is 33.2. The number of carbonyl (C=O) groups is 2. The average Bonchev–Trinajstić information content (AvgIpc) is 3.12. The molecule has 0 heterocycles. The molecule has 0 rings (SSSR count). The van der Waals surface area contributed by atoms with Crippen molar-refractivity contribution in [2.24, 2.45) is 5.73 Å². The zero-order chi connectivity index (χ0) is 38.4. The van der Waals surface area contributed by atoms with Crippen LogP contribution in [-0.2, 0) is 32.7 Å². The number of phosphoric ester groups is 1. The molecule has 0 aromatic rings. The van der Waals surface area contributed by atoms with Crippen LogP contribution in [-0.4, -0.2) is 60.5 Å².